The lowest BCUT2D eigenvalue weighted by Crippen LogP contribution is -2.45. The van der Waals surface area contributed by atoms with Crippen LogP contribution in [0.3, 0.4) is 0 Å². The highest BCUT2D eigenvalue weighted by atomic mass is 16.3. The molecule has 6 nitrogen and oxygen atoms in total. The number of carbonyl (C=O) groups is 1. The Kier molecular flexibility index (Phi) is 7.18. The van der Waals surface area contributed by atoms with E-state index < -0.39 is 0 Å². The number of rotatable bonds is 6. The molecule has 4 heterocycles. The highest BCUT2D eigenvalue weighted by Crippen LogP contribution is 2.38. The van der Waals surface area contributed by atoms with Crippen LogP contribution in [-0.4, -0.2) is 69.6 Å². The first-order valence-corrected chi connectivity index (χ1v) is 13.6. The first kappa shape index (κ1) is 25.0. The molecule has 3 aromatic rings. The van der Waals surface area contributed by atoms with Crippen LogP contribution in [0.25, 0.3) is 22.2 Å². The Bertz CT molecular complexity index is 1220. The average molecular weight is 489 g/mol. The summed E-state index contributed by atoms with van der Waals surface area (Å²) in [6.45, 7) is 11.9. The number of hydrogen-bond acceptors (Lipinski definition) is 4. The lowest BCUT2D eigenvalue weighted by Gasteiger charge is -2.33. The average Bonchev–Trinajstić information content (AvgIpc) is 3.48. The molecule has 5 rings (SSSR count). The number of aryl methyl sites for hydroxylation is 2. The number of aromatic amines is 1. The van der Waals surface area contributed by atoms with E-state index >= 15 is 0 Å². The molecule has 0 aliphatic carbocycles. The van der Waals surface area contributed by atoms with Gasteiger partial charge in [-0.3, -0.25) is 14.7 Å². The van der Waals surface area contributed by atoms with Gasteiger partial charge in [-0.1, -0.05) is 19.9 Å². The number of piperidine rings is 1. The molecule has 6 heteroatoms. The minimum Gasteiger partial charge on any atom is -0.394 e. The van der Waals surface area contributed by atoms with Gasteiger partial charge < -0.3 is 15.0 Å². The Morgan fingerprint density at radius 3 is 2.47 bits per heavy atom. The molecule has 0 spiro atoms. The van der Waals surface area contributed by atoms with E-state index in [0.29, 0.717) is 18.4 Å². The second-order valence-corrected chi connectivity index (χ2v) is 11.1. The summed E-state index contributed by atoms with van der Waals surface area (Å²) in [5.41, 5.74) is 8.48. The molecule has 2 aliphatic rings. The molecule has 0 bridgehead atoms. The number of benzene rings is 1. The third-order valence-corrected chi connectivity index (χ3v) is 8.14. The number of pyridine rings is 1. The maximum Gasteiger partial charge on any atom is 0.237 e. The maximum atomic E-state index is 12.8. The van der Waals surface area contributed by atoms with Crippen molar-refractivity contribution < 1.29 is 9.90 Å². The number of aromatic nitrogens is 2. The van der Waals surface area contributed by atoms with Crippen LogP contribution in [0.5, 0.6) is 0 Å². The summed E-state index contributed by atoms with van der Waals surface area (Å²) in [6.07, 6.45) is 4.06. The second kappa shape index (κ2) is 10.3. The highest BCUT2D eigenvalue weighted by molar-refractivity contribution is 5.92. The van der Waals surface area contributed by atoms with Gasteiger partial charge in [-0.05, 0) is 99.8 Å². The van der Waals surface area contributed by atoms with Gasteiger partial charge in [-0.2, -0.15) is 0 Å². The van der Waals surface area contributed by atoms with Gasteiger partial charge in [0.05, 0.1) is 24.9 Å². The van der Waals surface area contributed by atoms with Crippen molar-refractivity contribution >= 4 is 16.8 Å². The monoisotopic (exact) mass is 488 g/mol. The van der Waals surface area contributed by atoms with E-state index in [-0.39, 0.29) is 18.6 Å². The van der Waals surface area contributed by atoms with E-state index in [2.05, 4.69) is 72.9 Å². The lowest BCUT2D eigenvalue weighted by molar-refractivity contribution is -0.134. The first-order valence-electron chi connectivity index (χ1n) is 13.6. The quantitative estimate of drug-likeness (QED) is 0.504. The van der Waals surface area contributed by atoms with E-state index in [1.807, 2.05) is 4.90 Å². The van der Waals surface area contributed by atoms with Crippen molar-refractivity contribution in [3.8, 4) is 11.3 Å². The molecular formula is C30H40N4O2. The second-order valence-electron chi connectivity index (χ2n) is 11.1. The van der Waals surface area contributed by atoms with E-state index in [9.17, 15) is 9.90 Å². The topological polar surface area (TPSA) is 72.5 Å². The van der Waals surface area contributed by atoms with Crippen molar-refractivity contribution in [1.29, 1.82) is 0 Å². The molecule has 2 N–H and O–H groups in total. The zero-order valence-corrected chi connectivity index (χ0v) is 22.2. The van der Waals surface area contributed by atoms with Gasteiger partial charge in [-0.15, -0.1) is 0 Å². The maximum absolute atomic E-state index is 12.8. The zero-order valence-electron chi connectivity index (χ0n) is 22.2. The molecule has 1 atom stereocenters. The molecular weight excluding hydrogens is 448 g/mol. The summed E-state index contributed by atoms with van der Waals surface area (Å²) in [4.78, 5) is 25.3. The minimum absolute atomic E-state index is 0.0168. The highest BCUT2D eigenvalue weighted by Gasteiger charge is 2.30. The smallest absolute Gasteiger partial charge is 0.237 e. The predicted molar refractivity (Wildman–Crippen MR) is 145 cm³/mol. The lowest BCUT2D eigenvalue weighted by atomic mass is 9.87. The van der Waals surface area contributed by atoms with E-state index in [1.54, 1.807) is 0 Å². The number of amides is 1. The van der Waals surface area contributed by atoms with Gasteiger partial charge in [0.15, 0.2) is 0 Å². The van der Waals surface area contributed by atoms with Crippen molar-refractivity contribution in [1.82, 2.24) is 19.8 Å². The Labute approximate surface area is 214 Å². The first-order chi connectivity index (χ1) is 17.3. The number of carbonyl (C=O) groups excluding carboxylic acids is 1. The van der Waals surface area contributed by atoms with Crippen molar-refractivity contribution in [3.63, 3.8) is 0 Å². The number of aliphatic hydroxyl groups is 1. The fourth-order valence-corrected chi connectivity index (χ4v) is 6.35. The molecule has 2 fully saturated rings. The third-order valence-electron chi connectivity index (χ3n) is 8.14. The van der Waals surface area contributed by atoms with E-state index in [0.717, 1.165) is 56.7 Å². The normalized spacial score (nSPS) is 19.6. The van der Waals surface area contributed by atoms with Crippen molar-refractivity contribution in [2.75, 3.05) is 32.8 Å². The number of aliphatic hydroxyl groups excluding tert-OH is 1. The van der Waals surface area contributed by atoms with Crippen molar-refractivity contribution in [3.05, 3.63) is 52.8 Å². The molecule has 2 aromatic heterocycles. The summed E-state index contributed by atoms with van der Waals surface area (Å²) in [5, 5.41) is 10.9. The summed E-state index contributed by atoms with van der Waals surface area (Å²) < 4.78 is 0. The molecule has 2 aliphatic heterocycles. The molecule has 0 radical (unpaired) electrons. The Balaban J connectivity index is 1.33. The van der Waals surface area contributed by atoms with Gasteiger partial charge in [0.2, 0.25) is 5.91 Å². The molecule has 36 heavy (non-hydrogen) atoms. The van der Waals surface area contributed by atoms with Crippen LogP contribution in [0.1, 0.15) is 73.9 Å². The van der Waals surface area contributed by atoms with Crippen LogP contribution in [-0.2, 0) is 4.79 Å². The SMILES string of the molecule is Cc1cc(-c2[nH]c3ccc(C4CCN(CC(=O)N5CCC[C@@H]5CO)CC4)cc3c2C(C)C)cc(C)n1. The van der Waals surface area contributed by atoms with Crippen LogP contribution >= 0.6 is 0 Å². The summed E-state index contributed by atoms with van der Waals surface area (Å²) in [5.74, 6) is 1.09. The molecule has 192 valence electrons. The molecule has 0 unspecified atom stereocenters. The fraction of sp³-hybridized carbons (Fsp3) is 0.533. The number of H-pyrrole nitrogens is 1. The predicted octanol–water partition coefficient (Wildman–Crippen LogP) is 5.13. The fourth-order valence-electron chi connectivity index (χ4n) is 6.35. The van der Waals surface area contributed by atoms with Gasteiger partial charge in [0.25, 0.3) is 0 Å². The van der Waals surface area contributed by atoms with E-state index in [1.165, 1.54) is 33.3 Å². The Hall–Kier alpha value is -2.70. The Morgan fingerprint density at radius 1 is 1.08 bits per heavy atom. The molecule has 1 amide bonds. The Morgan fingerprint density at radius 2 is 1.81 bits per heavy atom. The molecule has 2 saturated heterocycles. The summed E-state index contributed by atoms with van der Waals surface area (Å²) >= 11 is 0. The third kappa shape index (κ3) is 4.94. The summed E-state index contributed by atoms with van der Waals surface area (Å²) in [6, 6.07) is 11.3. The number of likely N-dealkylation sites (tertiary alicyclic amines) is 2. The molecule has 0 saturated carbocycles. The van der Waals surface area contributed by atoms with Gasteiger partial charge >= 0.3 is 0 Å². The molecule has 1 aromatic carbocycles. The minimum atomic E-state index is 0.0168. The van der Waals surface area contributed by atoms with Crippen LogP contribution in [0.4, 0.5) is 0 Å². The van der Waals surface area contributed by atoms with Gasteiger partial charge in [-0.25, -0.2) is 0 Å². The van der Waals surface area contributed by atoms with Crippen LogP contribution in [0.2, 0.25) is 0 Å². The summed E-state index contributed by atoms with van der Waals surface area (Å²) in [7, 11) is 0. The van der Waals surface area contributed by atoms with Crippen molar-refractivity contribution in [2.24, 2.45) is 0 Å². The van der Waals surface area contributed by atoms with Crippen LogP contribution < -0.4 is 0 Å². The largest absolute Gasteiger partial charge is 0.394 e. The van der Waals surface area contributed by atoms with Crippen LogP contribution in [0.15, 0.2) is 30.3 Å². The number of hydrogen-bond donors (Lipinski definition) is 2. The standard InChI is InChI=1S/C30H40N4O2/c1-19(2)29-26-16-23(7-8-27(26)32-30(29)24-14-20(3)31-21(4)15-24)22-9-12-33(13-10-22)17-28(36)34-11-5-6-25(34)18-35/h7-8,14-16,19,22,25,32,35H,5-6,9-13,17-18H2,1-4H3/t25-/m1/s1. The van der Waals surface area contributed by atoms with Crippen LogP contribution in [0, 0.1) is 13.8 Å². The zero-order chi connectivity index (χ0) is 25.4. The van der Waals surface area contributed by atoms with Gasteiger partial charge in [0, 0.05) is 34.4 Å². The van der Waals surface area contributed by atoms with Gasteiger partial charge in [0.1, 0.15) is 0 Å². The van der Waals surface area contributed by atoms with Crippen molar-refractivity contribution in [2.45, 2.75) is 71.3 Å². The number of fused-ring (bicyclic) bond motifs is 1. The number of nitrogens with one attached hydrogen (secondary N) is 1. The van der Waals surface area contributed by atoms with E-state index in [4.69, 9.17) is 0 Å². The number of nitrogens with zero attached hydrogens (tertiary/aromatic N) is 3.